The number of aryl methyl sites for hydroxylation is 1. The first kappa shape index (κ1) is 10.5. The van der Waals surface area contributed by atoms with Crippen LogP contribution in [0, 0.1) is 12.1 Å². The van der Waals surface area contributed by atoms with Gasteiger partial charge in [0, 0.05) is 24.6 Å². The molecule has 0 aliphatic carbocycles. The molecule has 0 amide bonds. The predicted octanol–water partition coefficient (Wildman–Crippen LogP) is 1.47. The second-order valence-electron chi connectivity index (χ2n) is 4.61. The second kappa shape index (κ2) is 4.00. The van der Waals surface area contributed by atoms with Gasteiger partial charge in [0.1, 0.15) is 0 Å². The maximum Gasteiger partial charge on any atom is 0.224 e. The fourth-order valence-electron chi connectivity index (χ4n) is 2.74. The number of rotatable bonds is 0. The van der Waals surface area contributed by atoms with Crippen molar-refractivity contribution in [2.75, 3.05) is 13.1 Å². The zero-order chi connectivity index (χ0) is 11.8. The van der Waals surface area contributed by atoms with Gasteiger partial charge in [0.2, 0.25) is 5.52 Å². The van der Waals surface area contributed by atoms with Gasteiger partial charge in [-0.05, 0) is 31.5 Å². The zero-order valence-corrected chi connectivity index (χ0v) is 9.99. The SMILES string of the molecule is Cc1c2c([n+]([O-])c3ccccc13)CCNCC2. The van der Waals surface area contributed by atoms with Gasteiger partial charge in [-0.2, -0.15) is 4.73 Å². The summed E-state index contributed by atoms with van der Waals surface area (Å²) in [5.74, 6) is 0. The number of hydrogen-bond acceptors (Lipinski definition) is 2. The van der Waals surface area contributed by atoms with Crippen LogP contribution in [0.15, 0.2) is 24.3 Å². The summed E-state index contributed by atoms with van der Waals surface area (Å²) >= 11 is 0. The van der Waals surface area contributed by atoms with E-state index in [9.17, 15) is 5.21 Å². The van der Waals surface area contributed by atoms with Gasteiger partial charge in [-0.15, -0.1) is 0 Å². The lowest BCUT2D eigenvalue weighted by Crippen LogP contribution is -2.35. The number of para-hydroxylation sites is 1. The summed E-state index contributed by atoms with van der Waals surface area (Å²) in [7, 11) is 0. The normalized spacial score (nSPS) is 15.6. The number of fused-ring (bicyclic) bond motifs is 2. The molecular formula is C14H16N2O. The minimum absolute atomic E-state index is 0.797. The molecule has 3 rings (SSSR count). The van der Waals surface area contributed by atoms with E-state index in [1.165, 1.54) is 11.1 Å². The van der Waals surface area contributed by atoms with Gasteiger partial charge in [0.15, 0.2) is 5.69 Å². The Hall–Kier alpha value is -1.61. The van der Waals surface area contributed by atoms with Crippen molar-refractivity contribution in [3.63, 3.8) is 0 Å². The van der Waals surface area contributed by atoms with E-state index in [0.717, 1.165) is 47.3 Å². The fraction of sp³-hybridized carbons (Fsp3) is 0.357. The van der Waals surface area contributed by atoms with Crippen LogP contribution < -0.4 is 10.0 Å². The molecule has 1 N–H and O–H groups in total. The summed E-state index contributed by atoms with van der Waals surface area (Å²) in [6, 6.07) is 7.87. The Morgan fingerprint density at radius 2 is 1.94 bits per heavy atom. The minimum atomic E-state index is 0.797. The Labute approximate surface area is 101 Å². The summed E-state index contributed by atoms with van der Waals surface area (Å²) in [5, 5.41) is 16.8. The average Bonchev–Trinajstić information content (AvgIpc) is 2.62. The Kier molecular flexibility index (Phi) is 2.48. The van der Waals surface area contributed by atoms with Gasteiger partial charge in [0.25, 0.3) is 0 Å². The van der Waals surface area contributed by atoms with E-state index in [0.29, 0.717) is 0 Å². The highest BCUT2D eigenvalue weighted by atomic mass is 16.5. The molecule has 1 aliphatic heterocycles. The van der Waals surface area contributed by atoms with E-state index < -0.39 is 0 Å². The summed E-state index contributed by atoms with van der Waals surface area (Å²) in [6.45, 7) is 3.99. The lowest BCUT2D eigenvalue weighted by atomic mass is 9.98. The molecule has 1 aliphatic rings. The average molecular weight is 228 g/mol. The van der Waals surface area contributed by atoms with Crippen LogP contribution in [0.3, 0.4) is 0 Å². The maximum absolute atomic E-state index is 12.4. The first-order chi connectivity index (χ1) is 8.29. The van der Waals surface area contributed by atoms with E-state index in [4.69, 9.17) is 0 Å². The molecule has 88 valence electrons. The van der Waals surface area contributed by atoms with Crippen molar-refractivity contribution in [1.29, 1.82) is 0 Å². The molecule has 0 fully saturated rings. The minimum Gasteiger partial charge on any atom is -0.618 e. The second-order valence-corrected chi connectivity index (χ2v) is 4.61. The number of nitrogens with one attached hydrogen (secondary N) is 1. The van der Waals surface area contributed by atoms with Crippen LogP contribution in [-0.4, -0.2) is 13.1 Å². The quantitative estimate of drug-likeness (QED) is 0.548. The third-order valence-electron chi connectivity index (χ3n) is 3.66. The third-order valence-corrected chi connectivity index (χ3v) is 3.66. The highest BCUT2D eigenvalue weighted by molar-refractivity contribution is 5.80. The highest BCUT2D eigenvalue weighted by Gasteiger charge is 2.21. The molecule has 3 nitrogen and oxygen atoms in total. The molecule has 0 saturated heterocycles. The molecule has 1 aromatic heterocycles. The molecule has 0 saturated carbocycles. The molecule has 0 radical (unpaired) electrons. The maximum atomic E-state index is 12.4. The van der Waals surface area contributed by atoms with Crippen LogP contribution in [0.25, 0.3) is 10.9 Å². The molecule has 2 aromatic rings. The van der Waals surface area contributed by atoms with Crippen LogP contribution >= 0.6 is 0 Å². The molecule has 0 bridgehead atoms. The number of pyridine rings is 1. The van der Waals surface area contributed by atoms with E-state index in [2.05, 4.69) is 12.2 Å². The van der Waals surface area contributed by atoms with Crippen LogP contribution in [0.4, 0.5) is 0 Å². The van der Waals surface area contributed by atoms with Crippen LogP contribution in [0.1, 0.15) is 16.8 Å². The molecule has 3 heteroatoms. The Balaban J connectivity index is 2.38. The standard InChI is InChI=1S/C14H16N2O/c1-10-11-4-2-3-5-13(11)16(17)14-7-9-15-8-6-12(10)14/h2-5,15H,6-9H2,1H3. The number of aromatic nitrogens is 1. The van der Waals surface area contributed by atoms with Crippen LogP contribution in [0.2, 0.25) is 0 Å². The van der Waals surface area contributed by atoms with Gasteiger partial charge in [-0.25, -0.2) is 0 Å². The van der Waals surface area contributed by atoms with Gasteiger partial charge < -0.3 is 10.5 Å². The summed E-state index contributed by atoms with van der Waals surface area (Å²) in [4.78, 5) is 0. The van der Waals surface area contributed by atoms with E-state index in [1.807, 2.05) is 24.3 Å². The molecule has 0 spiro atoms. The van der Waals surface area contributed by atoms with Crippen molar-refractivity contribution in [1.82, 2.24) is 5.32 Å². The van der Waals surface area contributed by atoms with Crippen molar-refractivity contribution in [2.24, 2.45) is 0 Å². The zero-order valence-electron chi connectivity index (χ0n) is 9.99. The molecular weight excluding hydrogens is 212 g/mol. The largest absolute Gasteiger partial charge is 0.618 e. The van der Waals surface area contributed by atoms with Gasteiger partial charge in [-0.3, -0.25) is 0 Å². The Morgan fingerprint density at radius 3 is 2.82 bits per heavy atom. The molecule has 0 atom stereocenters. The van der Waals surface area contributed by atoms with E-state index in [-0.39, 0.29) is 0 Å². The highest BCUT2D eigenvalue weighted by Crippen LogP contribution is 2.22. The lowest BCUT2D eigenvalue weighted by molar-refractivity contribution is -0.586. The van der Waals surface area contributed by atoms with Gasteiger partial charge >= 0.3 is 0 Å². The number of hydrogen-bond donors (Lipinski definition) is 1. The van der Waals surface area contributed by atoms with Crippen molar-refractivity contribution in [3.8, 4) is 0 Å². The van der Waals surface area contributed by atoms with Crippen LogP contribution in [-0.2, 0) is 12.8 Å². The van der Waals surface area contributed by atoms with Crippen molar-refractivity contribution < 1.29 is 4.73 Å². The molecule has 2 heterocycles. The van der Waals surface area contributed by atoms with E-state index in [1.54, 1.807) is 0 Å². The lowest BCUT2D eigenvalue weighted by Gasteiger charge is -2.13. The summed E-state index contributed by atoms with van der Waals surface area (Å²) < 4.78 is 1.13. The molecule has 1 aromatic carbocycles. The summed E-state index contributed by atoms with van der Waals surface area (Å²) in [5.41, 5.74) is 4.26. The first-order valence-corrected chi connectivity index (χ1v) is 6.12. The van der Waals surface area contributed by atoms with Crippen molar-refractivity contribution >= 4 is 10.9 Å². The first-order valence-electron chi connectivity index (χ1n) is 6.12. The Morgan fingerprint density at radius 1 is 1.18 bits per heavy atom. The van der Waals surface area contributed by atoms with E-state index >= 15 is 0 Å². The summed E-state index contributed by atoms with van der Waals surface area (Å²) in [6.07, 6.45) is 1.78. The van der Waals surface area contributed by atoms with Crippen molar-refractivity contribution in [2.45, 2.75) is 19.8 Å². The molecule has 17 heavy (non-hydrogen) atoms. The smallest absolute Gasteiger partial charge is 0.224 e. The van der Waals surface area contributed by atoms with Gasteiger partial charge in [-0.1, -0.05) is 12.1 Å². The fourth-order valence-corrected chi connectivity index (χ4v) is 2.74. The monoisotopic (exact) mass is 228 g/mol. The number of benzene rings is 1. The van der Waals surface area contributed by atoms with Crippen molar-refractivity contribution in [3.05, 3.63) is 46.3 Å². The van der Waals surface area contributed by atoms with Gasteiger partial charge in [0.05, 0.1) is 5.39 Å². The molecule has 0 unspecified atom stereocenters. The Bertz CT molecular complexity index is 527. The van der Waals surface area contributed by atoms with Crippen LogP contribution in [0.5, 0.6) is 0 Å². The number of nitrogens with zero attached hydrogens (tertiary/aromatic N) is 1. The third kappa shape index (κ3) is 1.58. The predicted molar refractivity (Wildman–Crippen MR) is 67.9 cm³/mol. The topological polar surface area (TPSA) is 39.0 Å².